The molecule has 0 aliphatic carbocycles. The van der Waals surface area contributed by atoms with E-state index >= 15 is 0 Å². The largest absolute Gasteiger partial charge is 0.370 e. The molecule has 1 amide bonds. The maximum atomic E-state index is 11.2. The quantitative estimate of drug-likeness (QED) is 0.376. The van der Waals surface area contributed by atoms with Gasteiger partial charge >= 0.3 is 0 Å². The third-order valence-electron chi connectivity index (χ3n) is 4.54. The summed E-state index contributed by atoms with van der Waals surface area (Å²) in [6.45, 7) is 2.48. The molecule has 7 heteroatoms. The van der Waals surface area contributed by atoms with Crippen molar-refractivity contribution in [1.82, 2.24) is 15.2 Å². The Hall–Kier alpha value is -1.77. The summed E-state index contributed by atoms with van der Waals surface area (Å²) in [4.78, 5) is 21.2. The normalized spacial score (nSPS) is 18.0. The van der Waals surface area contributed by atoms with Crippen molar-refractivity contribution < 1.29 is 4.79 Å². The number of nitrogens with two attached hydrogens (primary N) is 1. The van der Waals surface area contributed by atoms with Crippen molar-refractivity contribution in [2.24, 2.45) is 16.6 Å². The number of nitrogens with one attached hydrogen (secondary N) is 2. The molecule has 3 rings (SSSR count). The van der Waals surface area contributed by atoms with E-state index in [1.807, 2.05) is 12.1 Å². The number of fused-ring (bicyclic) bond motifs is 1. The van der Waals surface area contributed by atoms with Gasteiger partial charge in [-0.05, 0) is 36.3 Å². The summed E-state index contributed by atoms with van der Waals surface area (Å²) in [5, 5.41) is 4.63. The van der Waals surface area contributed by atoms with Gasteiger partial charge in [-0.2, -0.15) is 0 Å². The number of amides is 1. The van der Waals surface area contributed by atoms with Crippen LogP contribution in [0.15, 0.2) is 35.3 Å². The second-order valence-corrected chi connectivity index (χ2v) is 6.41. The fourth-order valence-corrected chi connectivity index (χ4v) is 3.44. The molecule has 1 aromatic carbocycles. The lowest BCUT2D eigenvalue weighted by atomic mass is 9.95. The van der Waals surface area contributed by atoms with E-state index in [1.165, 1.54) is 5.39 Å². The molecule has 0 bridgehead atoms. The Morgan fingerprint density at radius 2 is 2.24 bits per heavy atom. The highest BCUT2D eigenvalue weighted by molar-refractivity contribution is 14.0. The van der Waals surface area contributed by atoms with Crippen LogP contribution in [0.3, 0.4) is 0 Å². The predicted molar refractivity (Wildman–Crippen MR) is 112 cm³/mol. The molecule has 2 aromatic rings. The minimum atomic E-state index is -0.220. The van der Waals surface area contributed by atoms with Gasteiger partial charge in [0.1, 0.15) is 0 Å². The molecular weight excluding hydrogens is 429 g/mol. The van der Waals surface area contributed by atoms with Crippen LogP contribution in [0.1, 0.15) is 25.0 Å². The van der Waals surface area contributed by atoms with Crippen molar-refractivity contribution >= 4 is 46.7 Å². The second kappa shape index (κ2) is 9.07. The fraction of sp³-hybridized carbons (Fsp3) is 0.444. The maximum absolute atomic E-state index is 11.2. The third kappa shape index (κ3) is 5.10. The van der Waals surface area contributed by atoms with Crippen LogP contribution in [0.25, 0.3) is 10.9 Å². The number of rotatable bonds is 4. The summed E-state index contributed by atoms with van der Waals surface area (Å²) >= 11 is 0. The zero-order valence-electron chi connectivity index (χ0n) is 14.5. The monoisotopic (exact) mass is 455 g/mol. The number of aliphatic imine (C=N–C) groups is 1. The number of halogens is 1. The van der Waals surface area contributed by atoms with Crippen LogP contribution in [-0.2, 0) is 11.3 Å². The number of aromatic amines is 1. The van der Waals surface area contributed by atoms with Gasteiger partial charge in [0, 0.05) is 37.8 Å². The molecule has 1 aliphatic rings. The molecule has 1 atom stereocenters. The second-order valence-electron chi connectivity index (χ2n) is 6.41. The van der Waals surface area contributed by atoms with E-state index in [2.05, 4.69) is 38.4 Å². The molecule has 2 heterocycles. The van der Waals surface area contributed by atoms with Gasteiger partial charge < -0.3 is 20.9 Å². The Balaban J connectivity index is 0.00000225. The number of piperidine rings is 1. The summed E-state index contributed by atoms with van der Waals surface area (Å²) in [6, 6.07) is 10.4. The molecule has 1 saturated heterocycles. The van der Waals surface area contributed by atoms with Gasteiger partial charge in [-0.1, -0.05) is 18.2 Å². The van der Waals surface area contributed by atoms with Crippen molar-refractivity contribution in [1.29, 1.82) is 0 Å². The summed E-state index contributed by atoms with van der Waals surface area (Å²) in [5.41, 5.74) is 7.61. The van der Waals surface area contributed by atoms with Crippen LogP contribution < -0.4 is 11.1 Å². The van der Waals surface area contributed by atoms with Crippen LogP contribution >= 0.6 is 24.0 Å². The SMILES string of the molecule is CN=C(NCc1cc2ccccc2[nH]1)N1CCCC(CC(N)=O)C1.I. The van der Waals surface area contributed by atoms with E-state index in [4.69, 9.17) is 5.73 Å². The molecule has 0 saturated carbocycles. The first-order valence-corrected chi connectivity index (χ1v) is 8.46. The highest BCUT2D eigenvalue weighted by Crippen LogP contribution is 2.19. The molecule has 1 fully saturated rings. The van der Waals surface area contributed by atoms with Gasteiger partial charge in [-0.15, -0.1) is 24.0 Å². The number of likely N-dealkylation sites (tertiary alicyclic amines) is 1. The standard InChI is InChI=1S/C18H25N5O.HI/c1-20-18(23-8-4-5-13(12-23)9-17(19)24)21-11-15-10-14-6-2-3-7-16(14)22-15;/h2-3,6-7,10,13,22H,4-5,8-9,11-12H2,1H3,(H2,19,24)(H,20,21);1H. The number of H-pyrrole nitrogens is 1. The number of carbonyl (C=O) groups excluding carboxylic acids is 1. The van der Waals surface area contributed by atoms with E-state index in [1.54, 1.807) is 7.05 Å². The Labute approximate surface area is 165 Å². The van der Waals surface area contributed by atoms with Gasteiger partial charge in [-0.25, -0.2) is 0 Å². The lowest BCUT2D eigenvalue weighted by Gasteiger charge is -2.34. The van der Waals surface area contributed by atoms with E-state index in [0.717, 1.165) is 43.1 Å². The van der Waals surface area contributed by atoms with Crippen LogP contribution in [-0.4, -0.2) is 41.9 Å². The smallest absolute Gasteiger partial charge is 0.217 e. The van der Waals surface area contributed by atoms with E-state index in [-0.39, 0.29) is 29.9 Å². The molecule has 0 spiro atoms. The van der Waals surface area contributed by atoms with Crippen molar-refractivity contribution in [3.63, 3.8) is 0 Å². The Morgan fingerprint density at radius 1 is 1.44 bits per heavy atom. The first-order valence-electron chi connectivity index (χ1n) is 8.46. The van der Waals surface area contributed by atoms with Crippen molar-refractivity contribution in [3.8, 4) is 0 Å². The molecule has 1 aliphatic heterocycles. The molecular formula is C18H26IN5O. The highest BCUT2D eigenvalue weighted by atomic mass is 127. The topological polar surface area (TPSA) is 86.5 Å². The highest BCUT2D eigenvalue weighted by Gasteiger charge is 2.23. The fourth-order valence-electron chi connectivity index (χ4n) is 3.44. The number of benzene rings is 1. The van der Waals surface area contributed by atoms with Crippen molar-refractivity contribution in [2.75, 3.05) is 20.1 Å². The molecule has 0 radical (unpaired) electrons. The number of nitrogens with zero attached hydrogens (tertiary/aromatic N) is 2. The van der Waals surface area contributed by atoms with Gasteiger partial charge in [0.2, 0.25) is 5.91 Å². The maximum Gasteiger partial charge on any atom is 0.217 e. The Bertz CT molecular complexity index is 709. The van der Waals surface area contributed by atoms with Crippen LogP contribution in [0.4, 0.5) is 0 Å². The van der Waals surface area contributed by atoms with Gasteiger partial charge in [0.25, 0.3) is 0 Å². The third-order valence-corrected chi connectivity index (χ3v) is 4.54. The minimum Gasteiger partial charge on any atom is -0.370 e. The van der Waals surface area contributed by atoms with E-state index < -0.39 is 0 Å². The number of hydrogen-bond acceptors (Lipinski definition) is 2. The molecule has 6 nitrogen and oxygen atoms in total. The van der Waals surface area contributed by atoms with Gasteiger partial charge in [-0.3, -0.25) is 9.79 Å². The summed E-state index contributed by atoms with van der Waals surface area (Å²) < 4.78 is 0. The number of guanidine groups is 1. The van der Waals surface area contributed by atoms with Crippen LogP contribution in [0.2, 0.25) is 0 Å². The minimum absolute atomic E-state index is 0. The van der Waals surface area contributed by atoms with Gasteiger partial charge in [0.05, 0.1) is 6.54 Å². The Kier molecular flexibility index (Phi) is 7.10. The first kappa shape index (κ1) is 19.6. The summed E-state index contributed by atoms with van der Waals surface area (Å²) in [6.07, 6.45) is 2.57. The molecule has 4 N–H and O–H groups in total. The van der Waals surface area contributed by atoms with E-state index in [0.29, 0.717) is 18.9 Å². The zero-order valence-corrected chi connectivity index (χ0v) is 16.8. The first-order chi connectivity index (χ1) is 11.7. The number of para-hydroxylation sites is 1. The van der Waals surface area contributed by atoms with Crippen molar-refractivity contribution in [2.45, 2.75) is 25.8 Å². The average molecular weight is 455 g/mol. The Morgan fingerprint density at radius 3 is 2.96 bits per heavy atom. The lowest BCUT2D eigenvalue weighted by Crippen LogP contribution is -2.46. The van der Waals surface area contributed by atoms with Gasteiger partial charge in [0.15, 0.2) is 5.96 Å². The lowest BCUT2D eigenvalue weighted by molar-refractivity contribution is -0.119. The number of primary amides is 1. The summed E-state index contributed by atoms with van der Waals surface area (Å²) in [7, 11) is 1.80. The molecule has 136 valence electrons. The number of aromatic nitrogens is 1. The predicted octanol–water partition coefficient (Wildman–Crippen LogP) is 2.45. The van der Waals surface area contributed by atoms with Crippen LogP contribution in [0, 0.1) is 5.92 Å². The van der Waals surface area contributed by atoms with Crippen molar-refractivity contribution in [3.05, 3.63) is 36.0 Å². The molecule has 25 heavy (non-hydrogen) atoms. The average Bonchev–Trinajstić information content (AvgIpc) is 2.98. The van der Waals surface area contributed by atoms with Crippen LogP contribution in [0.5, 0.6) is 0 Å². The summed E-state index contributed by atoms with van der Waals surface area (Å²) in [5.74, 6) is 0.980. The zero-order chi connectivity index (χ0) is 16.9. The van der Waals surface area contributed by atoms with E-state index in [9.17, 15) is 4.79 Å². The number of hydrogen-bond donors (Lipinski definition) is 3. The molecule has 1 aromatic heterocycles. The number of carbonyl (C=O) groups is 1. The molecule has 1 unspecified atom stereocenters.